The van der Waals surface area contributed by atoms with E-state index in [0.717, 1.165) is 29.9 Å². The van der Waals surface area contributed by atoms with E-state index in [2.05, 4.69) is 4.90 Å². The Hall–Kier alpha value is -2.21. The highest BCUT2D eigenvalue weighted by molar-refractivity contribution is 7.92. The molecule has 1 aliphatic heterocycles. The molecule has 24 heavy (non-hydrogen) atoms. The Bertz CT molecular complexity index is 821. The third kappa shape index (κ3) is 3.33. The number of nitrogens with zero attached hydrogens (tertiary/aromatic N) is 2. The standard InChI is InChI=1S/C18H22N2O3S/c1-19-11-6-12-20(18-10-4-3-9-17(18)19)24(21,22)14-15-7-5-8-16(13-15)23-2/h3-5,7-10,13H,6,11-12,14H2,1-2H3. The summed E-state index contributed by atoms with van der Waals surface area (Å²) in [7, 11) is 0.104. The maximum Gasteiger partial charge on any atom is 0.239 e. The van der Waals surface area contributed by atoms with Crippen molar-refractivity contribution < 1.29 is 13.2 Å². The SMILES string of the molecule is COc1cccc(CS(=O)(=O)N2CCCN(C)c3ccccc32)c1. The maximum absolute atomic E-state index is 13.0. The topological polar surface area (TPSA) is 49.9 Å². The number of para-hydroxylation sites is 2. The van der Waals surface area contributed by atoms with E-state index >= 15 is 0 Å². The van der Waals surface area contributed by atoms with Crippen molar-refractivity contribution in [3.8, 4) is 5.75 Å². The monoisotopic (exact) mass is 346 g/mol. The van der Waals surface area contributed by atoms with Crippen LogP contribution in [0.25, 0.3) is 0 Å². The predicted octanol–water partition coefficient (Wildman–Crippen LogP) is 2.87. The van der Waals surface area contributed by atoms with Gasteiger partial charge in [-0.15, -0.1) is 0 Å². The highest BCUT2D eigenvalue weighted by Crippen LogP contribution is 2.34. The number of rotatable bonds is 4. The number of ether oxygens (including phenoxy) is 1. The fourth-order valence-electron chi connectivity index (χ4n) is 3.03. The minimum Gasteiger partial charge on any atom is -0.497 e. The van der Waals surface area contributed by atoms with E-state index in [1.807, 2.05) is 49.5 Å². The summed E-state index contributed by atoms with van der Waals surface area (Å²) >= 11 is 0. The van der Waals surface area contributed by atoms with Crippen molar-refractivity contribution in [2.45, 2.75) is 12.2 Å². The second kappa shape index (κ2) is 6.73. The number of benzene rings is 2. The minimum atomic E-state index is -3.47. The Balaban J connectivity index is 1.95. The van der Waals surface area contributed by atoms with Gasteiger partial charge in [-0.3, -0.25) is 4.31 Å². The van der Waals surface area contributed by atoms with Crippen molar-refractivity contribution >= 4 is 21.4 Å². The summed E-state index contributed by atoms with van der Waals surface area (Å²) < 4.78 is 32.8. The Kier molecular flexibility index (Phi) is 4.66. The van der Waals surface area contributed by atoms with E-state index in [0.29, 0.717) is 12.3 Å². The lowest BCUT2D eigenvalue weighted by Crippen LogP contribution is -2.32. The van der Waals surface area contributed by atoms with Crippen LogP contribution in [0.2, 0.25) is 0 Å². The van der Waals surface area contributed by atoms with Crippen LogP contribution in [0.15, 0.2) is 48.5 Å². The van der Waals surface area contributed by atoms with Crippen molar-refractivity contribution in [2.75, 3.05) is 36.5 Å². The van der Waals surface area contributed by atoms with Crippen molar-refractivity contribution in [3.05, 3.63) is 54.1 Å². The van der Waals surface area contributed by atoms with Gasteiger partial charge in [0.05, 0.1) is 24.2 Å². The summed E-state index contributed by atoms with van der Waals surface area (Å²) in [6, 6.07) is 14.9. The number of methoxy groups -OCH3 is 1. The first-order chi connectivity index (χ1) is 11.5. The molecule has 0 radical (unpaired) electrons. The molecule has 0 atom stereocenters. The van der Waals surface area contributed by atoms with E-state index in [1.165, 1.54) is 0 Å². The van der Waals surface area contributed by atoms with Gasteiger partial charge in [0.1, 0.15) is 5.75 Å². The predicted molar refractivity (Wildman–Crippen MR) is 97.3 cm³/mol. The Morgan fingerprint density at radius 2 is 1.79 bits per heavy atom. The second-order valence-electron chi connectivity index (χ2n) is 5.94. The van der Waals surface area contributed by atoms with Gasteiger partial charge in [0.25, 0.3) is 0 Å². The van der Waals surface area contributed by atoms with Gasteiger partial charge in [0.2, 0.25) is 10.0 Å². The zero-order valence-corrected chi connectivity index (χ0v) is 14.8. The summed E-state index contributed by atoms with van der Waals surface area (Å²) in [6.07, 6.45) is 0.794. The molecule has 128 valence electrons. The van der Waals surface area contributed by atoms with Gasteiger partial charge >= 0.3 is 0 Å². The summed E-state index contributed by atoms with van der Waals surface area (Å²) in [4.78, 5) is 2.11. The van der Waals surface area contributed by atoms with Gasteiger partial charge in [-0.1, -0.05) is 24.3 Å². The number of hydrogen-bond donors (Lipinski definition) is 0. The largest absolute Gasteiger partial charge is 0.497 e. The molecule has 2 aromatic carbocycles. The summed E-state index contributed by atoms with van der Waals surface area (Å²) in [5.74, 6) is 0.626. The van der Waals surface area contributed by atoms with Crippen LogP contribution in [0, 0.1) is 0 Å². The molecule has 0 unspecified atom stereocenters. The summed E-state index contributed by atoms with van der Waals surface area (Å²) in [5, 5.41) is 0. The van der Waals surface area contributed by atoms with Gasteiger partial charge in [0, 0.05) is 20.1 Å². The number of sulfonamides is 1. The summed E-state index contributed by atoms with van der Waals surface area (Å²) in [6.45, 7) is 1.33. The Morgan fingerprint density at radius 1 is 1.04 bits per heavy atom. The molecule has 2 aromatic rings. The molecule has 5 nitrogen and oxygen atoms in total. The maximum atomic E-state index is 13.0. The molecule has 0 bridgehead atoms. The zero-order valence-electron chi connectivity index (χ0n) is 14.0. The molecular weight excluding hydrogens is 324 g/mol. The van der Waals surface area contributed by atoms with E-state index in [9.17, 15) is 8.42 Å². The first kappa shape index (κ1) is 16.6. The van der Waals surface area contributed by atoms with Crippen LogP contribution in [0.3, 0.4) is 0 Å². The Labute approximate surface area is 143 Å². The molecule has 0 N–H and O–H groups in total. The van der Waals surface area contributed by atoms with Crippen LogP contribution >= 0.6 is 0 Å². The van der Waals surface area contributed by atoms with E-state index in [4.69, 9.17) is 4.74 Å². The fourth-order valence-corrected chi connectivity index (χ4v) is 4.65. The smallest absolute Gasteiger partial charge is 0.239 e. The normalized spacial score (nSPS) is 14.9. The number of anilines is 2. The lowest BCUT2D eigenvalue weighted by Gasteiger charge is -2.25. The van der Waals surface area contributed by atoms with Gasteiger partial charge < -0.3 is 9.64 Å². The lowest BCUT2D eigenvalue weighted by molar-refractivity contribution is 0.414. The minimum absolute atomic E-state index is 0.0394. The van der Waals surface area contributed by atoms with Crippen molar-refractivity contribution in [2.24, 2.45) is 0 Å². The van der Waals surface area contributed by atoms with Crippen LogP contribution in [-0.4, -0.2) is 35.7 Å². The molecule has 0 aromatic heterocycles. The highest BCUT2D eigenvalue weighted by Gasteiger charge is 2.27. The lowest BCUT2D eigenvalue weighted by atomic mass is 10.2. The second-order valence-corrected chi connectivity index (χ2v) is 7.84. The first-order valence-electron chi connectivity index (χ1n) is 7.95. The van der Waals surface area contributed by atoms with E-state index < -0.39 is 10.0 Å². The molecule has 0 saturated carbocycles. The van der Waals surface area contributed by atoms with Gasteiger partial charge in [-0.25, -0.2) is 8.42 Å². The van der Waals surface area contributed by atoms with Crippen LogP contribution in [0.5, 0.6) is 5.75 Å². The molecule has 3 rings (SSSR count). The molecule has 1 heterocycles. The molecule has 0 saturated heterocycles. The van der Waals surface area contributed by atoms with Crippen molar-refractivity contribution in [1.29, 1.82) is 0 Å². The number of hydrogen-bond acceptors (Lipinski definition) is 4. The zero-order chi connectivity index (χ0) is 17.2. The molecule has 0 amide bonds. The van der Waals surface area contributed by atoms with Crippen molar-refractivity contribution in [1.82, 2.24) is 0 Å². The van der Waals surface area contributed by atoms with Crippen LogP contribution < -0.4 is 13.9 Å². The first-order valence-corrected chi connectivity index (χ1v) is 9.56. The molecule has 0 spiro atoms. The highest BCUT2D eigenvalue weighted by atomic mass is 32.2. The molecule has 6 heteroatoms. The molecular formula is C18H22N2O3S. The fraction of sp³-hybridized carbons (Fsp3) is 0.333. The van der Waals surface area contributed by atoms with Crippen LogP contribution in [0.4, 0.5) is 11.4 Å². The number of fused-ring (bicyclic) bond motifs is 1. The van der Waals surface area contributed by atoms with Gasteiger partial charge in [-0.05, 0) is 36.2 Å². The van der Waals surface area contributed by atoms with Gasteiger partial charge in [0.15, 0.2) is 0 Å². The summed E-state index contributed by atoms with van der Waals surface area (Å²) in [5.41, 5.74) is 2.43. The van der Waals surface area contributed by atoms with Crippen LogP contribution in [-0.2, 0) is 15.8 Å². The molecule has 0 aliphatic carbocycles. The van der Waals surface area contributed by atoms with Gasteiger partial charge in [-0.2, -0.15) is 0 Å². The average Bonchev–Trinajstić information content (AvgIpc) is 2.74. The van der Waals surface area contributed by atoms with Crippen molar-refractivity contribution in [3.63, 3.8) is 0 Å². The van der Waals surface area contributed by atoms with E-state index in [1.54, 1.807) is 17.5 Å². The average molecular weight is 346 g/mol. The van der Waals surface area contributed by atoms with E-state index in [-0.39, 0.29) is 5.75 Å². The van der Waals surface area contributed by atoms with Crippen LogP contribution in [0.1, 0.15) is 12.0 Å². The third-order valence-corrected chi connectivity index (χ3v) is 5.98. The molecule has 1 aliphatic rings. The Morgan fingerprint density at radius 3 is 2.54 bits per heavy atom. The quantitative estimate of drug-likeness (QED) is 0.854. The third-order valence-electron chi connectivity index (χ3n) is 4.24. The molecule has 0 fully saturated rings.